The fraction of sp³-hybridized carbons (Fsp3) is 0.714. The van der Waals surface area contributed by atoms with E-state index in [4.69, 9.17) is 4.74 Å². The molecule has 2 bridgehead atoms. The number of sulfonamides is 1. The zero-order valence-electron chi connectivity index (χ0n) is 12.5. The van der Waals surface area contributed by atoms with Crippen molar-refractivity contribution < 1.29 is 13.2 Å². The summed E-state index contributed by atoms with van der Waals surface area (Å²) < 4.78 is 35.4. The fourth-order valence-electron chi connectivity index (χ4n) is 3.18. The number of hydrogen-bond acceptors (Lipinski definition) is 4. The Kier molecular flexibility index (Phi) is 4.09. The van der Waals surface area contributed by atoms with Crippen molar-refractivity contribution in [1.29, 1.82) is 0 Å². The molecular formula is C14H23N3O3S. The van der Waals surface area contributed by atoms with E-state index < -0.39 is 10.0 Å². The fourth-order valence-corrected chi connectivity index (χ4v) is 4.55. The standard InChI is InChI=1S/C14H23N3O3S/c1-3-15-8-10-6-12(9-17(10)2)21(18,19)16-13-7-11-4-5-14(13)20-11/h6,9,11,13-16H,3-5,7-8H2,1-2H3. The highest BCUT2D eigenvalue weighted by molar-refractivity contribution is 7.89. The van der Waals surface area contributed by atoms with Crippen molar-refractivity contribution >= 4 is 10.0 Å². The zero-order valence-corrected chi connectivity index (χ0v) is 13.3. The molecule has 0 aromatic carbocycles. The van der Waals surface area contributed by atoms with E-state index in [1.807, 2.05) is 18.5 Å². The first-order valence-corrected chi connectivity index (χ1v) is 9.01. The Balaban J connectivity index is 1.72. The van der Waals surface area contributed by atoms with Crippen molar-refractivity contribution in [3.8, 4) is 0 Å². The Morgan fingerprint density at radius 3 is 2.86 bits per heavy atom. The molecule has 1 aromatic rings. The van der Waals surface area contributed by atoms with E-state index in [-0.39, 0.29) is 18.2 Å². The quantitative estimate of drug-likeness (QED) is 0.812. The normalized spacial score (nSPS) is 28.4. The van der Waals surface area contributed by atoms with E-state index in [0.717, 1.165) is 31.5 Å². The Morgan fingerprint density at radius 1 is 1.43 bits per heavy atom. The van der Waals surface area contributed by atoms with Gasteiger partial charge < -0.3 is 14.6 Å². The molecule has 0 radical (unpaired) electrons. The lowest BCUT2D eigenvalue weighted by Crippen LogP contribution is -2.41. The van der Waals surface area contributed by atoms with E-state index >= 15 is 0 Å². The molecule has 1 aromatic heterocycles. The molecule has 3 rings (SSSR count). The van der Waals surface area contributed by atoms with Crippen molar-refractivity contribution in [3.63, 3.8) is 0 Å². The topological polar surface area (TPSA) is 72.4 Å². The third kappa shape index (κ3) is 3.01. The van der Waals surface area contributed by atoms with E-state index in [9.17, 15) is 8.42 Å². The summed E-state index contributed by atoms with van der Waals surface area (Å²) in [6, 6.07) is 1.66. The lowest BCUT2D eigenvalue weighted by Gasteiger charge is -2.19. The van der Waals surface area contributed by atoms with Crippen LogP contribution < -0.4 is 10.0 Å². The smallest absolute Gasteiger partial charge is 0.242 e. The van der Waals surface area contributed by atoms with Crippen LogP contribution in [0.4, 0.5) is 0 Å². The minimum absolute atomic E-state index is 0.0507. The number of aryl methyl sites for hydroxylation is 1. The SMILES string of the molecule is CCNCc1cc(S(=O)(=O)NC2CC3CCC2O3)cn1C. The van der Waals surface area contributed by atoms with Crippen molar-refractivity contribution in [2.24, 2.45) is 7.05 Å². The summed E-state index contributed by atoms with van der Waals surface area (Å²) in [6.45, 7) is 3.55. The monoisotopic (exact) mass is 313 g/mol. The van der Waals surface area contributed by atoms with Crippen LogP contribution in [0.5, 0.6) is 0 Å². The molecular weight excluding hydrogens is 290 g/mol. The van der Waals surface area contributed by atoms with Gasteiger partial charge in [0.05, 0.1) is 23.1 Å². The highest BCUT2D eigenvalue weighted by atomic mass is 32.2. The average Bonchev–Trinajstić information content (AvgIpc) is 3.11. The van der Waals surface area contributed by atoms with E-state index in [1.54, 1.807) is 12.3 Å². The third-order valence-corrected chi connectivity index (χ3v) is 5.82. The molecule has 3 heterocycles. The first-order valence-electron chi connectivity index (χ1n) is 7.53. The van der Waals surface area contributed by atoms with Crippen molar-refractivity contribution in [2.45, 2.75) is 55.9 Å². The number of nitrogens with zero attached hydrogens (tertiary/aromatic N) is 1. The number of hydrogen-bond donors (Lipinski definition) is 2. The first kappa shape index (κ1) is 15.0. The molecule has 0 aliphatic carbocycles. The Bertz CT molecular complexity index is 611. The number of ether oxygens (including phenoxy) is 1. The predicted molar refractivity (Wildman–Crippen MR) is 79.4 cm³/mol. The van der Waals surface area contributed by atoms with Crippen LogP contribution in [-0.2, 0) is 28.4 Å². The van der Waals surface area contributed by atoms with Gasteiger partial charge in [-0.05, 0) is 31.9 Å². The predicted octanol–water partition coefficient (Wildman–Crippen LogP) is 0.733. The van der Waals surface area contributed by atoms with Gasteiger partial charge in [0.1, 0.15) is 0 Å². The second kappa shape index (κ2) is 5.72. The maximum absolute atomic E-state index is 12.5. The van der Waals surface area contributed by atoms with E-state index in [2.05, 4.69) is 10.0 Å². The van der Waals surface area contributed by atoms with Crippen LogP contribution in [0.25, 0.3) is 0 Å². The summed E-state index contributed by atoms with van der Waals surface area (Å²) >= 11 is 0. The molecule has 2 aliphatic heterocycles. The van der Waals surface area contributed by atoms with E-state index in [0.29, 0.717) is 11.4 Å². The molecule has 2 fully saturated rings. The summed E-state index contributed by atoms with van der Waals surface area (Å²) in [5, 5.41) is 3.21. The summed E-state index contributed by atoms with van der Waals surface area (Å²) in [4.78, 5) is 0.334. The molecule has 2 N–H and O–H groups in total. The van der Waals surface area contributed by atoms with Crippen LogP contribution >= 0.6 is 0 Å². The van der Waals surface area contributed by atoms with Gasteiger partial charge in [0, 0.05) is 25.5 Å². The molecule has 3 unspecified atom stereocenters. The highest BCUT2D eigenvalue weighted by Gasteiger charge is 2.42. The number of rotatable bonds is 6. The molecule has 2 aliphatic rings. The molecule has 7 heteroatoms. The summed E-state index contributed by atoms with van der Waals surface area (Å²) in [6.07, 6.45) is 4.76. The number of fused-ring (bicyclic) bond motifs is 2. The van der Waals surface area contributed by atoms with Gasteiger partial charge in [0.2, 0.25) is 10.0 Å². The van der Waals surface area contributed by atoms with Gasteiger partial charge in [-0.2, -0.15) is 0 Å². The van der Waals surface area contributed by atoms with Gasteiger partial charge in [-0.3, -0.25) is 0 Å². The second-order valence-corrected chi connectivity index (χ2v) is 7.61. The van der Waals surface area contributed by atoms with Crippen LogP contribution in [-0.4, -0.2) is 37.8 Å². The molecule has 0 saturated carbocycles. The minimum Gasteiger partial charge on any atom is -0.373 e. The molecule has 0 spiro atoms. The van der Waals surface area contributed by atoms with Gasteiger partial charge in [0.15, 0.2) is 0 Å². The van der Waals surface area contributed by atoms with Gasteiger partial charge in [-0.1, -0.05) is 6.92 Å². The van der Waals surface area contributed by atoms with Crippen molar-refractivity contribution in [3.05, 3.63) is 18.0 Å². The second-order valence-electron chi connectivity index (χ2n) is 5.90. The molecule has 0 amide bonds. The Labute approximate surface area is 125 Å². The lowest BCUT2D eigenvalue weighted by molar-refractivity contribution is 0.0996. The third-order valence-electron chi connectivity index (χ3n) is 4.36. The van der Waals surface area contributed by atoms with Gasteiger partial charge in [-0.15, -0.1) is 0 Å². The van der Waals surface area contributed by atoms with Crippen molar-refractivity contribution in [2.75, 3.05) is 6.54 Å². The lowest BCUT2D eigenvalue weighted by atomic mass is 9.96. The van der Waals surface area contributed by atoms with Gasteiger partial charge >= 0.3 is 0 Å². The maximum Gasteiger partial charge on any atom is 0.242 e. The highest BCUT2D eigenvalue weighted by Crippen LogP contribution is 2.35. The molecule has 3 atom stereocenters. The summed E-state index contributed by atoms with van der Waals surface area (Å²) in [7, 11) is -1.60. The number of aromatic nitrogens is 1. The molecule has 2 saturated heterocycles. The first-order chi connectivity index (χ1) is 9.99. The number of nitrogens with one attached hydrogen (secondary N) is 2. The average molecular weight is 313 g/mol. The largest absolute Gasteiger partial charge is 0.373 e. The van der Waals surface area contributed by atoms with Crippen molar-refractivity contribution in [1.82, 2.24) is 14.6 Å². The van der Waals surface area contributed by atoms with Crippen LogP contribution in [0.15, 0.2) is 17.2 Å². The zero-order chi connectivity index (χ0) is 15.0. The Hall–Kier alpha value is -0.890. The van der Waals surface area contributed by atoms with Crippen LogP contribution in [0.3, 0.4) is 0 Å². The molecule has 6 nitrogen and oxygen atoms in total. The summed E-state index contributed by atoms with van der Waals surface area (Å²) in [5.74, 6) is 0. The Morgan fingerprint density at radius 2 is 2.24 bits per heavy atom. The minimum atomic E-state index is -3.47. The van der Waals surface area contributed by atoms with Crippen LogP contribution in [0.2, 0.25) is 0 Å². The summed E-state index contributed by atoms with van der Waals surface area (Å²) in [5.41, 5.74) is 0.960. The van der Waals surface area contributed by atoms with Crippen LogP contribution in [0, 0.1) is 0 Å². The van der Waals surface area contributed by atoms with Gasteiger partial charge in [0.25, 0.3) is 0 Å². The van der Waals surface area contributed by atoms with Gasteiger partial charge in [-0.25, -0.2) is 13.1 Å². The molecule has 118 valence electrons. The molecule has 21 heavy (non-hydrogen) atoms. The maximum atomic E-state index is 12.5. The van der Waals surface area contributed by atoms with Crippen LogP contribution in [0.1, 0.15) is 31.9 Å². The van der Waals surface area contributed by atoms with E-state index in [1.165, 1.54) is 0 Å².